The van der Waals surface area contributed by atoms with Crippen molar-refractivity contribution in [2.75, 3.05) is 0 Å². The van der Waals surface area contributed by atoms with E-state index in [0.717, 1.165) is 21.6 Å². The fourth-order valence-electron chi connectivity index (χ4n) is 2.12. The van der Waals surface area contributed by atoms with Crippen LogP contribution in [0, 0.1) is 0 Å². The molecule has 0 amide bonds. The summed E-state index contributed by atoms with van der Waals surface area (Å²) in [4.78, 5) is 12.9. The Hall–Kier alpha value is -1.45. The molecule has 1 aromatic heterocycles. The van der Waals surface area contributed by atoms with Gasteiger partial charge in [-0.2, -0.15) is 0 Å². The van der Waals surface area contributed by atoms with Gasteiger partial charge in [-0.25, -0.2) is 0 Å². The van der Waals surface area contributed by atoms with Gasteiger partial charge in [0.1, 0.15) is 0 Å². The average Bonchev–Trinajstić information content (AvgIpc) is 2.74. The van der Waals surface area contributed by atoms with Gasteiger partial charge in [-0.15, -0.1) is 11.3 Å². The molecule has 80 valence electrons. The van der Waals surface area contributed by atoms with Crippen LogP contribution in [0.1, 0.15) is 28.4 Å². The summed E-state index contributed by atoms with van der Waals surface area (Å²) in [6.07, 6.45) is -0.484. The number of carbonyl (C=O) groups excluding carboxylic acids is 1. The van der Waals surface area contributed by atoms with Gasteiger partial charge in [0.2, 0.25) is 0 Å². The third kappa shape index (κ3) is 1.32. The third-order valence-corrected chi connectivity index (χ3v) is 3.87. The predicted molar refractivity (Wildman–Crippen MR) is 63.7 cm³/mol. The van der Waals surface area contributed by atoms with E-state index in [0.29, 0.717) is 0 Å². The van der Waals surface area contributed by atoms with Crippen molar-refractivity contribution in [2.24, 2.45) is 0 Å². The highest BCUT2D eigenvalue weighted by atomic mass is 32.1. The lowest BCUT2D eigenvalue weighted by Gasteiger charge is -2.05. The van der Waals surface area contributed by atoms with E-state index in [9.17, 15) is 9.90 Å². The van der Waals surface area contributed by atoms with Crippen LogP contribution in [0.4, 0.5) is 0 Å². The molecule has 0 aliphatic heterocycles. The van der Waals surface area contributed by atoms with Crippen LogP contribution in [0.15, 0.2) is 35.7 Å². The van der Waals surface area contributed by atoms with Gasteiger partial charge in [0.25, 0.3) is 0 Å². The SMILES string of the molecule is O=C1CC(O)c2ccsc2-c2ccccc21. The lowest BCUT2D eigenvalue weighted by atomic mass is 10.0. The minimum Gasteiger partial charge on any atom is -0.388 e. The lowest BCUT2D eigenvalue weighted by molar-refractivity contribution is 0.0886. The zero-order valence-electron chi connectivity index (χ0n) is 8.51. The molecule has 3 heteroatoms. The standard InChI is InChI=1S/C13H10O2S/c14-11-7-12(15)10-5-6-16-13(10)9-4-2-1-3-8(9)11/h1-6,12,15H,7H2. The van der Waals surface area contributed by atoms with Gasteiger partial charge in [-0.3, -0.25) is 4.79 Å². The van der Waals surface area contributed by atoms with E-state index >= 15 is 0 Å². The summed E-state index contributed by atoms with van der Waals surface area (Å²) >= 11 is 1.57. The summed E-state index contributed by atoms with van der Waals surface area (Å²) in [6.45, 7) is 0. The molecule has 3 rings (SSSR count). The molecular formula is C13H10O2S. The second-order valence-corrected chi connectivity index (χ2v) is 4.81. The van der Waals surface area contributed by atoms with Crippen LogP contribution in [-0.4, -0.2) is 10.9 Å². The number of aliphatic hydroxyl groups is 1. The Balaban J connectivity index is 2.32. The Labute approximate surface area is 97.2 Å². The normalized spacial score (nSPS) is 18.8. The van der Waals surface area contributed by atoms with Gasteiger partial charge >= 0.3 is 0 Å². The molecule has 1 aliphatic carbocycles. The summed E-state index contributed by atoms with van der Waals surface area (Å²) < 4.78 is 0. The number of rotatable bonds is 0. The third-order valence-electron chi connectivity index (χ3n) is 2.91. The maximum Gasteiger partial charge on any atom is 0.166 e. The second kappa shape index (κ2) is 3.54. The molecule has 0 bridgehead atoms. The molecule has 1 heterocycles. The molecule has 16 heavy (non-hydrogen) atoms. The van der Waals surface area contributed by atoms with Gasteiger partial charge in [0.15, 0.2) is 5.78 Å². The Morgan fingerprint density at radius 1 is 1.19 bits per heavy atom. The lowest BCUT2D eigenvalue weighted by Crippen LogP contribution is -2.03. The Kier molecular flexibility index (Phi) is 2.16. The van der Waals surface area contributed by atoms with E-state index in [1.54, 1.807) is 11.3 Å². The number of ketones is 1. The van der Waals surface area contributed by atoms with Crippen molar-refractivity contribution in [3.63, 3.8) is 0 Å². The molecule has 1 aliphatic rings. The van der Waals surface area contributed by atoms with Gasteiger partial charge in [0, 0.05) is 22.4 Å². The van der Waals surface area contributed by atoms with Crippen LogP contribution in [0.2, 0.25) is 0 Å². The Bertz CT molecular complexity index is 557. The van der Waals surface area contributed by atoms with E-state index in [-0.39, 0.29) is 12.2 Å². The van der Waals surface area contributed by atoms with Gasteiger partial charge < -0.3 is 5.11 Å². The molecule has 1 unspecified atom stereocenters. The zero-order valence-corrected chi connectivity index (χ0v) is 9.33. The number of fused-ring (bicyclic) bond motifs is 3. The smallest absolute Gasteiger partial charge is 0.166 e. The highest BCUT2D eigenvalue weighted by Gasteiger charge is 2.26. The first-order valence-corrected chi connectivity index (χ1v) is 6.03. The summed E-state index contributed by atoms with van der Waals surface area (Å²) in [5.41, 5.74) is 2.56. The van der Waals surface area contributed by atoms with Gasteiger partial charge in [-0.05, 0) is 17.0 Å². The van der Waals surface area contributed by atoms with E-state index in [2.05, 4.69) is 0 Å². The van der Waals surface area contributed by atoms with Crippen LogP contribution < -0.4 is 0 Å². The van der Waals surface area contributed by atoms with Gasteiger partial charge in [0.05, 0.1) is 6.10 Å². The Morgan fingerprint density at radius 3 is 2.75 bits per heavy atom. The molecule has 1 aromatic carbocycles. The number of Topliss-reactive ketones (excluding diaryl/α,β-unsaturated/α-hetero) is 1. The molecule has 2 aromatic rings. The van der Waals surface area contributed by atoms with Crippen LogP contribution in [0.25, 0.3) is 10.4 Å². The monoisotopic (exact) mass is 230 g/mol. The molecule has 0 saturated carbocycles. The summed E-state index contributed by atoms with van der Waals surface area (Å²) in [6, 6.07) is 9.47. The highest BCUT2D eigenvalue weighted by molar-refractivity contribution is 7.13. The van der Waals surface area contributed by atoms with Crippen molar-refractivity contribution < 1.29 is 9.90 Å². The van der Waals surface area contributed by atoms with Crippen molar-refractivity contribution in [1.82, 2.24) is 0 Å². The van der Waals surface area contributed by atoms with Crippen molar-refractivity contribution in [3.05, 3.63) is 46.8 Å². The first-order chi connectivity index (χ1) is 7.77. The largest absolute Gasteiger partial charge is 0.388 e. The van der Waals surface area contributed by atoms with Crippen LogP contribution in [0.3, 0.4) is 0 Å². The minimum atomic E-state index is -0.666. The summed E-state index contributed by atoms with van der Waals surface area (Å²) in [5, 5.41) is 11.9. The molecule has 0 spiro atoms. The van der Waals surface area contributed by atoms with E-state index in [1.807, 2.05) is 35.7 Å². The summed E-state index contributed by atoms with van der Waals surface area (Å²) in [7, 11) is 0. The van der Waals surface area contributed by atoms with E-state index in [1.165, 1.54) is 0 Å². The first kappa shape index (κ1) is 9.75. The van der Waals surface area contributed by atoms with Crippen molar-refractivity contribution in [2.45, 2.75) is 12.5 Å². The number of benzene rings is 1. The molecule has 0 fully saturated rings. The Morgan fingerprint density at radius 2 is 1.94 bits per heavy atom. The second-order valence-electron chi connectivity index (χ2n) is 3.89. The number of hydrogen-bond donors (Lipinski definition) is 1. The van der Waals surface area contributed by atoms with Crippen LogP contribution >= 0.6 is 11.3 Å². The number of carbonyl (C=O) groups is 1. The summed E-state index contributed by atoms with van der Waals surface area (Å²) in [5.74, 6) is 0.0199. The minimum absolute atomic E-state index is 0.0199. The van der Waals surface area contributed by atoms with E-state index < -0.39 is 6.10 Å². The quantitative estimate of drug-likeness (QED) is 0.755. The van der Waals surface area contributed by atoms with Crippen molar-refractivity contribution >= 4 is 17.1 Å². The maximum absolute atomic E-state index is 11.9. The molecule has 0 radical (unpaired) electrons. The number of hydrogen-bond acceptors (Lipinski definition) is 3. The molecule has 1 atom stereocenters. The topological polar surface area (TPSA) is 37.3 Å². The fourth-order valence-corrected chi connectivity index (χ4v) is 3.12. The first-order valence-electron chi connectivity index (χ1n) is 5.15. The van der Waals surface area contributed by atoms with E-state index in [4.69, 9.17) is 0 Å². The maximum atomic E-state index is 11.9. The van der Waals surface area contributed by atoms with Crippen LogP contribution in [-0.2, 0) is 0 Å². The number of thiophene rings is 1. The van der Waals surface area contributed by atoms with Crippen LogP contribution in [0.5, 0.6) is 0 Å². The fraction of sp³-hybridized carbons (Fsp3) is 0.154. The van der Waals surface area contributed by atoms with Gasteiger partial charge in [-0.1, -0.05) is 24.3 Å². The molecule has 2 nitrogen and oxygen atoms in total. The molecular weight excluding hydrogens is 220 g/mol. The number of aliphatic hydroxyl groups excluding tert-OH is 1. The average molecular weight is 230 g/mol. The van der Waals surface area contributed by atoms with Crippen molar-refractivity contribution in [1.29, 1.82) is 0 Å². The molecule has 1 N–H and O–H groups in total. The zero-order chi connectivity index (χ0) is 11.1. The predicted octanol–water partition coefficient (Wildman–Crippen LogP) is 3.03. The molecule has 0 saturated heterocycles. The van der Waals surface area contributed by atoms with Crippen molar-refractivity contribution in [3.8, 4) is 10.4 Å². The highest BCUT2D eigenvalue weighted by Crippen LogP contribution is 2.40.